The van der Waals surface area contributed by atoms with Crippen molar-refractivity contribution in [1.29, 1.82) is 0 Å². The van der Waals surface area contributed by atoms with Crippen LogP contribution in [0.3, 0.4) is 0 Å². The average molecular weight is 366 g/mol. The minimum Gasteiger partial charge on any atom is -0.334 e. The zero-order valence-corrected chi connectivity index (χ0v) is 14.8. The van der Waals surface area contributed by atoms with E-state index < -0.39 is 11.9 Å². The maximum Gasteiger partial charge on any atom is 0.433 e. The molecule has 2 aliphatic rings. The van der Waals surface area contributed by atoms with Crippen LogP contribution in [-0.4, -0.2) is 31.9 Å². The number of hydrogen-bond donors (Lipinski definition) is 0. The van der Waals surface area contributed by atoms with Gasteiger partial charge in [0.2, 0.25) is 5.91 Å². The Morgan fingerprint density at radius 2 is 1.96 bits per heavy atom. The Hall–Kier alpha value is -2.12. The maximum atomic E-state index is 13.5. The van der Waals surface area contributed by atoms with Crippen molar-refractivity contribution in [1.82, 2.24) is 19.5 Å². The predicted molar refractivity (Wildman–Crippen MR) is 88.5 cm³/mol. The molecule has 2 fully saturated rings. The van der Waals surface area contributed by atoms with Gasteiger partial charge in [0, 0.05) is 24.2 Å². The van der Waals surface area contributed by atoms with Crippen LogP contribution in [0.5, 0.6) is 0 Å². The normalized spacial score (nSPS) is 21.2. The highest BCUT2D eigenvalue weighted by Gasteiger charge is 2.40. The van der Waals surface area contributed by atoms with Crippen molar-refractivity contribution in [2.45, 2.75) is 57.7 Å². The summed E-state index contributed by atoms with van der Waals surface area (Å²) in [7, 11) is 0. The van der Waals surface area contributed by atoms with Crippen LogP contribution in [0.2, 0.25) is 0 Å². The van der Waals surface area contributed by atoms with Gasteiger partial charge in [0.25, 0.3) is 0 Å². The molecule has 26 heavy (non-hydrogen) atoms. The van der Waals surface area contributed by atoms with E-state index in [9.17, 15) is 18.0 Å². The summed E-state index contributed by atoms with van der Waals surface area (Å²) in [5.74, 6) is 0.0688. The van der Waals surface area contributed by atoms with E-state index in [1.165, 1.54) is 0 Å². The lowest BCUT2D eigenvalue weighted by atomic mass is 10.1. The highest BCUT2D eigenvalue weighted by molar-refractivity contribution is 5.81. The molecule has 5 nitrogen and oxygen atoms in total. The summed E-state index contributed by atoms with van der Waals surface area (Å²) in [5, 5.41) is 4.21. The van der Waals surface area contributed by atoms with E-state index >= 15 is 0 Å². The Bertz CT molecular complexity index is 854. The fraction of sp³-hybridized carbons (Fsp3) is 0.611. The predicted octanol–water partition coefficient (Wildman–Crippen LogP) is 3.95. The third-order valence-electron chi connectivity index (χ3n) is 5.15. The molecule has 0 unspecified atom stereocenters. The molecular formula is C18H21F3N4O. The van der Waals surface area contributed by atoms with Gasteiger partial charge in [-0.15, -0.1) is 0 Å². The van der Waals surface area contributed by atoms with Gasteiger partial charge in [-0.2, -0.15) is 18.3 Å². The Morgan fingerprint density at radius 3 is 2.58 bits per heavy atom. The van der Waals surface area contributed by atoms with E-state index in [0.29, 0.717) is 17.9 Å². The molecule has 140 valence electrons. The molecule has 0 aromatic carbocycles. The molecule has 4 rings (SSSR count). The van der Waals surface area contributed by atoms with E-state index in [1.54, 1.807) is 11.0 Å². The van der Waals surface area contributed by atoms with Gasteiger partial charge in [0.05, 0.1) is 11.7 Å². The first-order chi connectivity index (χ1) is 12.3. The molecule has 1 amide bonds. The summed E-state index contributed by atoms with van der Waals surface area (Å²) in [6.45, 7) is 4.26. The minimum absolute atomic E-state index is 0.0871. The van der Waals surface area contributed by atoms with E-state index in [-0.39, 0.29) is 29.4 Å². The van der Waals surface area contributed by atoms with Gasteiger partial charge in [-0.25, -0.2) is 9.50 Å². The Labute approximate surface area is 149 Å². The molecule has 0 radical (unpaired) electrons. The van der Waals surface area contributed by atoms with Crippen LogP contribution in [0.25, 0.3) is 5.65 Å². The lowest BCUT2D eigenvalue weighted by Gasteiger charge is -2.23. The second kappa shape index (κ2) is 5.96. The van der Waals surface area contributed by atoms with Crippen molar-refractivity contribution in [3.8, 4) is 0 Å². The van der Waals surface area contributed by atoms with Crippen molar-refractivity contribution < 1.29 is 18.0 Å². The molecule has 3 heterocycles. The van der Waals surface area contributed by atoms with Crippen LogP contribution in [0.15, 0.2) is 12.1 Å². The van der Waals surface area contributed by atoms with Crippen LogP contribution >= 0.6 is 0 Å². The lowest BCUT2D eigenvalue weighted by molar-refractivity contribution is -0.143. The van der Waals surface area contributed by atoms with Gasteiger partial charge in [0.15, 0.2) is 5.65 Å². The Kier molecular flexibility index (Phi) is 3.96. The van der Waals surface area contributed by atoms with Gasteiger partial charge >= 0.3 is 6.18 Å². The number of rotatable bonds is 3. The largest absolute Gasteiger partial charge is 0.433 e. The molecule has 1 atom stereocenters. The standard InChI is InChI=1S/C18H21F3N4O/c1-10(2)12-8-15(18(19,20)21)25-16(22-12)9-13(23-25)14-4-3-7-24(14)17(26)11-5-6-11/h8-11,14H,3-7H2,1-2H3/t14-/m1/s1. The van der Waals surface area contributed by atoms with E-state index in [1.807, 2.05) is 13.8 Å². The summed E-state index contributed by atoms with van der Waals surface area (Å²) < 4.78 is 41.4. The average Bonchev–Trinajstić information content (AvgIpc) is 3.15. The van der Waals surface area contributed by atoms with Gasteiger partial charge in [-0.05, 0) is 37.7 Å². The first kappa shape index (κ1) is 17.3. The Morgan fingerprint density at radius 1 is 1.23 bits per heavy atom. The number of likely N-dealkylation sites (tertiary alicyclic amines) is 1. The number of fused-ring (bicyclic) bond motifs is 1. The molecule has 0 bridgehead atoms. The molecule has 1 saturated heterocycles. The number of hydrogen-bond acceptors (Lipinski definition) is 3. The van der Waals surface area contributed by atoms with Crippen LogP contribution in [0.1, 0.15) is 68.6 Å². The summed E-state index contributed by atoms with van der Waals surface area (Å²) in [6, 6.07) is 2.41. The minimum atomic E-state index is -4.52. The number of alkyl halides is 3. The molecular weight excluding hydrogens is 345 g/mol. The van der Waals surface area contributed by atoms with E-state index in [0.717, 1.165) is 36.3 Å². The molecule has 1 aliphatic heterocycles. The molecule has 8 heteroatoms. The van der Waals surface area contributed by atoms with E-state index in [2.05, 4.69) is 10.1 Å². The van der Waals surface area contributed by atoms with Gasteiger partial charge in [0.1, 0.15) is 5.69 Å². The first-order valence-corrected chi connectivity index (χ1v) is 9.04. The number of carbonyl (C=O) groups is 1. The van der Waals surface area contributed by atoms with Crippen molar-refractivity contribution in [3.63, 3.8) is 0 Å². The fourth-order valence-corrected chi connectivity index (χ4v) is 3.57. The van der Waals surface area contributed by atoms with Crippen molar-refractivity contribution in [2.24, 2.45) is 5.92 Å². The SMILES string of the molecule is CC(C)c1cc(C(F)(F)F)n2nc([C@H]3CCCN3C(=O)C3CC3)cc2n1. The van der Waals surface area contributed by atoms with Gasteiger partial charge in [-0.1, -0.05) is 13.8 Å². The number of aromatic nitrogens is 3. The third kappa shape index (κ3) is 2.95. The fourth-order valence-electron chi connectivity index (χ4n) is 3.57. The zero-order valence-electron chi connectivity index (χ0n) is 14.8. The lowest BCUT2D eigenvalue weighted by Crippen LogP contribution is -2.31. The molecule has 2 aromatic rings. The molecule has 2 aromatic heterocycles. The summed E-state index contributed by atoms with van der Waals surface area (Å²) >= 11 is 0. The number of carbonyl (C=O) groups excluding carboxylic acids is 1. The highest BCUT2D eigenvalue weighted by Crippen LogP contribution is 2.39. The van der Waals surface area contributed by atoms with Crippen LogP contribution in [0, 0.1) is 5.92 Å². The molecule has 0 N–H and O–H groups in total. The second-order valence-corrected chi connectivity index (χ2v) is 7.52. The topological polar surface area (TPSA) is 50.5 Å². The van der Waals surface area contributed by atoms with E-state index in [4.69, 9.17) is 0 Å². The monoisotopic (exact) mass is 366 g/mol. The summed E-state index contributed by atoms with van der Waals surface area (Å²) in [4.78, 5) is 18.6. The first-order valence-electron chi connectivity index (χ1n) is 9.04. The van der Waals surface area contributed by atoms with Crippen molar-refractivity contribution >= 4 is 11.6 Å². The third-order valence-corrected chi connectivity index (χ3v) is 5.15. The smallest absolute Gasteiger partial charge is 0.334 e. The van der Waals surface area contributed by atoms with Gasteiger partial charge < -0.3 is 4.90 Å². The number of halogens is 3. The highest BCUT2D eigenvalue weighted by atomic mass is 19.4. The number of nitrogens with zero attached hydrogens (tertiary/aromatic N) is 4. The van der Waals surface area contributed by atoms with Crippen molar-refractivity contribution in [3.05, 3.63) is 29.2 Å². The summed E-state index contributed by atoms with van der Waals surface area (Å²) in [6.07, 6.45) is -1.14. The van der Waals surface area contributed by atoms with Crippen LogP contribution in [-0.2, 0) is 11.0 Å². The van der Waals surface area contributed by atoms with Crippen LogP contribution in [0.4, 0.5) is 13.2 Å². The second-order valence-electron chi connectivity index (χ2n) is 7.52. The zero-order chi connectivity index (χ0) is 18.6. The number of amides is 1. The molecule has 1 saturated carbocycles. The maximum absolute atomic E-state index is 13.5. The van der Waals surface area contributed by atoms with Gasteiger partial charge in [-0.3, -0.25) is 4.79 Å². The molecule has 0 spiro atoms. The quantitative estimate of drug-likeness (QED) is 0.827. The summed E-state index contributed by atoms with van der Waals surface area (Å²) in [5.41, 5.74) is 0.240. The van der Waals surface area contributed by atoms with Crippen molar-refractivity contribution in [2.75, 3.05) is 6.54 Å². The Balaban J connectivity index is 1.78. The van der Waals surface area contributed by atoms with Crippen LogP contribution < -0.4 is 0 Å². The molecule has 1 aliphatic carbocycles.